The van der Waals surface area contributed by atoms with E-state index >= 15 is 0 Å². The first kappa shape index (κ1) is 17.2. The van der Waals surface area contributed by atoms with Crippen LogP contribution in [-0.2, 0) is 9.59 Å². The number of carbonyl (C=O) groups excluding carboxylic acids is 2. The molecule has 0 bridgehead atoms. The van der Waals surface area contributed by atoms with Crippen molar-refractivity contribution in [2.75, 3.05) is 39.3 Å². The largest absolute Gasteiger partial charge is 0.364 e. The van der Waals surface area contributed by atoms with Crippen LogP contribution in [-0.4, -0.2) is 65.8 Å². The van der Waals surface area contributed by atoms with Gasteiger partial charge in [-0.2, -0.15) is 0 Å². The third-order valence-corrected chi connectivity index (χ3v) is 5.67. The average Bonchev–Trinajstić information content (AvgIpc) is 3.20. The summed E-state index contributed by atoms with van der Waals surface area (Å²) in [7, 11) is 0. The van der Waals surface area contributed by atoms with E-state index in [1.807, 2.05) is 17.5 Å². The second kappa shape index (κ2) is 7.49. The van der Waals surface area contributed by atoms with Crippen molar-refractivity contribution >= 4 is 28.7 Å². The zero-order valence-electron chi connectivity index (χ0n) is 14.5. The molecule has 0 unspecified atom stereocenters. The van der Waals surface area contributed by atoms with Crippen LogP contribution in [0.2, 0.25) is 0 Å². The number of imide groups is 1. The first-order valence-electron chi connectivity index (χ1n) is 8.79. The summed E-state index contributed by atoms with van der Waals surface area (Å²) in [6.45, 7) is 9.26. The first-order valence-corrected chi connectivity index (χ1v) is 9.67. The lowest BCUT2D eigenvalue weighted by atomic mass is 10.1. The lowest BCUT2D eigenvalue weighted by Gasteiger charge is -2.35. The monoisotopic (exact) mass is 347 g/mol. The number of rotatable bonds is 6. The van der Waals surface area contributed by atoms with Crippen molar-refractivity contribution in [1.82, 2.24) is 14.7 Å². The van der Waals surface area contributed by atoms with E-state index < -0.39 is 0 Å². The molecule has 0 radical (unpaired) electrons. The van der Waals surface area contributed by atoms with Crippen LogP contribution < -0.4 is 0 Å². The molecule has 1 fully saturated rings. The number of thiophene rings is 1. The molecular formula is C18H25N3O2S. The van der Waals surface area contributed by atoms with Crippen LogP contribution in [0, 0.1) is 0 Å². The van der Waals surface area contributed by atoms with Crippen LogP contribution >= 0.6 is 11.3 Å². The number of amides is 2. The standard InChI is InChI=1S/C18H25N3O2S/c1-3-5-8-21-17(22)15(14-7-6-13-24-14)16(18(21)23)20-11-9-19(4-2)10-12-20/h6-7,13H,3-5,8-12H2,1-2H3. The van der Waals surface area contributed by atoms with Gasteiger partial charge in [-0.25, -0.2) is 0 Å². The fourth-order valence-electron chi connectivity index (χ4n) is 3.31. The molecule has 130 valence electrons. The Morgan fingerprint density at radius 3 is 2.42 bits per heavy atom. The van der Waals surface area contributed by atoms with Crippen molar-refractivity contribution in [2.24, 2.45) is 0 Å². The van der Waals surface area contributed by atoms with Crippen molar-refractivity contribution in [3.8, 4) is 0 Å². The summed E-state index contributed by atoms with van der Waals surface area (Å²) in [5, 5.41) is 1.96. The highest BCUT2D eigenvalue weighted by molar-refractivity contribution is 7.11. The molecule has 0 aromatic carbocycles. The first-order chi connectivity index (χ1) is 11.7. The summed E-state index contributed by atoms with van der Waals surface area (Å²) < 4.78 is 0. The van der Waals surface area contributed by atoms with E-state index in [2.05, 4.69) is 23.6 Å². The minimum absolute atomic E-state index is 0.109. The second-order valence-corrected chi connectivity index (χ2v) is 7.19. The van der Waals surface area contributed by atoms with E-state index in [1.54, 1.807) is 0 Å². The van der Waals surface area contributed by atoms with E-state index in [-0.39, 0.29) is 11.8 Å². The molecule has 0 N–H and O–H groups in total. The molecule has 0 atom stereocenters. The van der Waals surface area contributed by atoms with Crippen molar-refractivity contribution in [3.05, 3.63) is 28.1 Å². The number of hydrogen-bond acceptors (Lipinski definition) is 5. The normalized spacial score (nSPS) is 19.8. The topological polar surface area (TPSA) is 43.9 Å². The molecular weight excluding hydrogens is 322 g/mol. The average molecular weight is 347 g/mol. The van der Waals surface area contributed by atoms with Crippen molar-refractivity contribution in [1.29, 1.82) is 0 Å². The number of nitrogens with zero attached hydrogens (tertiary/aromatic N) is 3. The Labute approximate surface area is 147 Å². The van der Waals surface area contributed by atoms with Crippen molar-refractivity contribution in [3.63, 3.8) is 0 Å². The summed E-state index contributed by atoms with van der Waals surface area (Å²) >= 11 is 1.53. The van der Waals surface area contributed by atoms with Gasteiger partial charge in [0.05, 0.1) is 5.57 Å². The van der Waals surface area contributed by atoms with E-state index in [0.717, 1.165) is 50.4 Å². The quantitative estimate of drug-likeness (QED) is 0.741. The Hall–Kier alpha value is -1.66. The third-order valence-electron chi connectivity index (χ3n) is 4.78. The van der Waals surface area contributed by atoms with Crippen LogP contribution in [0.15, 0.2) is 23.2 Å². The lowest BCUT2D eigenvalue weighted by molar-refractivity contribution is -0.137. The van der Waals surface area contributed by atoms with Gasteiger partial charge in [-0.05, 0) is 24.4 Å². The Bertz CT molecular complexity index is 631. The molecule has 0 aliphatic carbocycles. The molecule has 0 spiro atoms. The van der Waals surface area contributed by atoms with Crippen LogP contribution in [0.25, 0.3) is 5.57 Å². The Kier molecular flexibility index (Phi) is 5.36. The van der Waals surface area contributed by atoms with Gasteiger partial charge in [-0.15, -0.1) is 11.3 Å². The third kappa shape index (κ3) is 3.13. The Balaban J connectivity index is 1.91. The van der Waals surface area contributed by atoms with E-state index in [4.69, 9.17) is 0 Å². The summed E-state index contributed by atoms with van der Waals surface area (Å²) in [6, 6.07) is 3.88. The fourth-order valence-corrected chi connectivity index (χ4v) is 4.07. The summed E-state index contributed by atoms with van der Waals surface area (Å²) in [5.74, 6) is -0.231. The summed E-state index contributed by atoms with van der Waals surface area (Å²) in [5.41, 5.74) is 1.23. The minimum atomic E-state index is -0.121. The number of piperazine rings is 1. The predicted molar refractivity (Wildman–Crippen MR) is 96.6 cm³/mol. The maximum Gasteiger partial charge on any atom is 0.277 e. The molecule has 1 saturated heterocycles. The van der Waals surface area contributed by atoms with Crippen LogP contribution in [0.1, 0.15) is 31.6 Å². The molecule has 2 aliphatic heterocycles. The maximum absolute atomic E-state index is 13.0. The smallest absolute Gasteiger partial charge is 0.277 e. The van der Waals surface area contributed by atoms with Crippen molar-refractivity contribution in [2.45, 2.75) is 26.7 Å². The van der Waals surface area contributed by atoms with Crippen LogP contribution in [0.3, 0.4) is 0 Å². The molecule has 3 heterocycles. The summed E-state index contributed by atoms with van der Waals surface area (Å²) in [6.07, 6.45) is 1.82. The highest BCUT2D eigenvalue weighted by Gasteiger charge is 2.42. The Morgan fingerprint density at radius 1 is 1.08 bits per heavy atom. The van der Waals surface area contributed by atoms with Gasteiger partial charge in [0, 0.05) is 37.6 Å². The minimum Gasteiger partial charge on any atom is -0.364 e. The van der Waals surface area contributed by atoms with Gasteiger partial charge in [0.1, 0.15) is 5.70 Å². The molecule has 1 aromatic rings. The lowest BCUT2D eigenvalue weighted by Crippen LogP contribution is -2.47. The molecule has 5 nitrogen and oxygen atoms in total. The fraction of sp³-hybridized carbons (Fsp3) is 0.556. The number of likely N-dealkylation sites (N-methyl/N-ethyl adjacent to an activating group) is 1. The molecule has 0 saturated carbocycles. The van der Waals surface area contributed by atoms with Gasteiger partial charge < -0.3 is 9.80 Å². The maximum atomic E-state index is 13.0. The molecule has 3 rings (SSSR count). The molecule has 24 heavy (non-hydrogen) atoms. The highest BCUT2D eigenvalue weighted by Crippen LogP contribution is 2.34. The van der Waals surface area contributed by atoms with Crippen molar-refractivity contribution < 1.29 is 9.59 Å². The SMILES string of the molecule is CCCCN1C(=O)C(c2cccs2)=C(N2CCN(CC)CC2)C1=O. The van der Waals surface area contributed by atoms with Gasteiger partial charge >= 0.3 is 0 Å². The molecule has 2 aliphatic rings. The zero-order chi connectivity index (χ0) is 17.1. The number of unbranched alkanes of at least 4 members (excludes halogenated alkanes) is 1. The van der Waals surface area contributed by atoms with Crippen LogP contribution in [0.4, 0.5) is 0 Å². The molecule has 1 aromatic heterocycles. The van der Waals surface area contributed by atoms with Gasteiger partial charge in [-0.3, -0.25) is 14.5 Å². The van der Waals surface area contributed by atoms with Crippen LogP contribution in [0.5, 0.6) is 0 Å². The summed E-state index contributed by atoms with van der Waals surface area (Å²) in [4.78, 5) is 32.7. The predicted octanol–water partition coefficient (Wildman–Crippen LogP) is 2.27. The Morgan fingerprint density at radius 2 is 1.83 bits per heavy atom. The highest BCUT2D eigenvalue weighted by atomic mass is 32.1. The molecule has 2 amide bonds. The van der Waals surface area contributed by atoms with E-state index in [0.29, 0.717) is 17.8 Å². The van der Waals surface area contributed by atoms with Gasteiger partial charge in [-0.1, -0.05) is 26.3 Å². The van der Waals surface area contributed by atoms with Gasteiger partial charge in [0.15, 0.2) is 0 Å². The van der Waals surface area contributed by atoms with Gasteiger partial charge in [0.25, 0.3) is 11.8 Å². The number of carbonyl (C=O) groups is 2. The molecule has 6 heteroatoms. The van der Waals surface area contributed by atoms with Gasteiger partial charge in [0.2, 0.25) is 0 Å². The van der Waals surface area contributed by atoms with E-state index in [1.165, 1.54) is 16.2 Å². The zero-order valence-corrected chi connectivity index (χ0v) is 15.3. The second-order valence-electron chi connectivity index (χ2n) is 6.24. The van der Waals surface area contributed by atoms with E-state index in [9.17, 15) is 9.59 Å². The number of hydrogen-bond donors (Lipinski definition) is 0.